The predicted octanol–water partition coefficient (Wildman–Crippen LogP) is 2.42. The van der Waals surface area contributed by atoms with Gasteiger partial charge in [-0.05, 0) is 18.4 Å². The molecule has 0 saturated heterocycles. The third-order valence-corrected chi connectivity index (χ3v) is 3.10. The summed E-state index contributed by atoms with van der Waals surface area (Å²) in [5, 5.41) is 10.7. The van der Waals surface area contributed by atoms with E-state index in [2.05, 4.69) is 11.9 Å². The van der Waals surface area contributed by atoms with Gasteiger partial charge >= 0.3 is 0 Å². The Balaban J connectivity index is 2.04. The minimum Gasteiger partial charge on any atom is -0.378 e. The van der Waals surface area contributed by atoms with Crippen LogP contribution in [-0.2, 0) is 15.9 Å². The zero-order valence-electron chi connectivity index (χ0n) is 11.0. The van der Waals surface area contributed by atoms with Gasteiger partial charge in [0.15, 0.2) is 0 Å². The number of ether oxygens (including phenoxy) is 2. The van der Waals surface area contributed by atoms with Crippen molar-refractivity contribution in [2.75, 3.05) is 19.8 Å². The van der Waals surface area contributed by atoms with Gasteiger partial charge in [-0.3, -0.25) is 15.1 Å². The number of fused-ring (bicyclic) bond motifs is 1. The van der Waals surface area contributed by atoms with E-state index < -0.39 is 4.92 Å². The van der Waals surface area contributed by atoms with Crippen molar-refractivity contribution in [3.05, 3.63) is 33.6 Å². The van der Waals surface area contributed by atoms with E-state index >= 15 is 0 Å². The lowest BCUT2D eigenvalue weighted by Crippen LogP contribution is -2.22. The zero-order chi connectivity index (χ0) is 13.7. The van der Waals surface area contributed by atoms with E-state index in [-0.39, 0.29) is 11.8 Å². The van der Waals surface area contributed by atoms with E-state index in [0.717, 1.165) is 24.1 Å². The minimum atomic E-state index is -0.421. The summed E-state index contributed by atoms with van der Waals surface area (Å²) in [5.74, 6) is 0. The van der Waals surface area contributed by atoms with Crippen molar-refractivity contribution in [1.82, 2.24) is 4.98 Å². The van der Waals surface area contributed by atoms with Crippen molar-refractivity contribution >= 4 is 5.69 Å². The fourth-order valence-corrected chi connectivity index (χ4v) is 2.05. The second-order valence-corrected chi connectivity index (χ2v) is 4.53. The van der Waals surface area contributed by atoms with Crippen LogP contribution in [-0.4, -0.2) is 29.7 Å². The lowest BCUT2D eigenvalue weighted by atomic mass is 10.0. The molecular formula is C13H18N2O4. The van der Waals surface area contributed by atoms with E-state index in [0.29, 0.717) is 26.2 Å². The Morgan fingerprint density at radius 3 is 3.21 bits per heavy atom. The van der Waals surface area contributed by atoms with E-state index in [1.54, 1.807) is 6.07 Å². The van der Waals surface area contributed by atoms with Crippen LogP contribution < -0.4 is 0 Å². The van der Waals surface area contributed by atoms with Crippen molar-refractivity contribution in [2.24, 2.45) is 0 Å². The summed E-state index contributed by atoms with van der Waals surface area (Å²) in [4.78, 5) is 14.5. The fourth-order valence-electron chi connectivity index (χ4n) is 2.05. The molecule has 1 aromatic heterocycles. The molecule has 1 aliphatic heterocycles. The molecule has 104 valence electrons. The lowest BCUT2D eigenvalue weighted by Gasteiger charge is -2.24. The molecule has 1 aliphatic rings. The number of hydrogen-bond acceptors (Lipinski definition) is 5. The van der Waals surface area contributed by atoms with Crippen molar-refractivity contribution < 1.29 is 14.4 Å². The Bertz CT molecular complexity index is 450. The smallest absolute Gasteiger partial charge is 0.287 e. The number of rotatable bonds is 6. The zero-order valence-corrected chi connectivity index (χ0v) is 11.0. The monoisotopic (exact) mass is 266 g/mol. The molecule has 19 heavy (non-hydrogen) atoms. The van der Waals surface area contributed by atoms with Gasteiger partial charge in [0.1, 0.15) is 12.3 Å². The molecule has 0 aliphatic carbocycles. The molecule has 0 N–H and O–H groups in total. The summed E-state index contributed by atoms with van der Waals surface area (Å²) in [6.45, 7) is 3.82. The molecule has 0 spiro atoms. The standard InChI is InChI=1S/C13H18N2O4/c1-2-3-5-18-9-12-13-10(4-6-19-12)7-11(8-14-13)15(16)17/h7-8,12H,2-6,9H2,1H3. The van der Waals surface area contributed by atoms with Crippen molar-refractivity contribution in [3.8, 4) is 0 Å². The number of unbranched alkanes of at least 4 members (excludes halogenated alkanes) is 1. The molecule has 1 aromatic rings. The van der Waals surface area contributed by atoms with Crippen LogP contribution in [0, 0.1) is 10.1 Å². The molecule has 0 radical (unpaired) electrons. The lowest BCUT2D eigenvalue weighted by molar-refractivity contribution is -0.385. The van der Waals surface area contributed by atoms with Crippen LogP contribution in [0.15, 0.2) is 12.3 Å². The molecule has 0 saturated carbocycles. The third-order valence-electron chi connectivity index (χ3n) is 3.10. The van der Waals surface area contributed by atoms with E-state index in [4.69, 9.17) is 9.47 Å². The Morgan fingerprint density at radius 2 is 2.47 bits per heavy atom. The van der Waals surface area contributed by atoms with Gasteiger partial charge < -0.3 is 9.47 Å². The quantitative estimate of drug-likeness (QED) is 0.449. The fraction of sp³-hybridized carbons (Fsp3) is 0.615. The van der Waals surface area contributed by atoms with Gasteiger partial charge in [-0.15, -0.1) is 0 Å². The molecule has 2 rings (SSSR count). The van der Waals surface area contributed by atoms with Gasteiger partial charge in [-0.1, -0.05) is 13.3 Å². The van der Waals surface area contributed by atoms with Crippen LogP contribution in [0.3, 0.4) is 0 Å². The largest absolute Gasteiger partial charge is 0.378 e. The topological polar surface area (TPSA) is 74.5 Å². The Kier molecular flexibility index (Phi) is 4.81. The highest BCUT2D eigenvalue weighted by atomic mass is 16.6. The molecule has 6 heteroatoms. The van der Waals surface area contributed by atoms with Crippen molar-refractivity contribution in [3.63, 3.8) is 0 Å². The molecule has 1 atom stereocenters. The first-order chi connectivity index (χ1) is 9.22. The summed E-state index contributed by atoms with van der Waals surface area (Å²) in [6.07, 6.45) is 3.85. The van der Waals surface area contributed by atoms with E-state index in [1.165, 1.54) is 6.20 Å². The van der Waals surface area contributed by atoms with Crippen LogP contribution in [0.1, 0.15) is 37.1 Å². The number of nitrogens with zero attached hydrogens (tertiary/aromatic N) is 2. The summed E-state index contributed by atoms with van der Waals surface area (Å²) in [7, 11) is 0. The SMILES string of the molecule is CCCCOCC1OCCc2cc([N+](=O)[O-])cnc21. The summed E-state index contributed by atoms with van der Waals surface area (Å²) in [6, 6.07) is 1.59. The highest BCUT2D eigenvalue weighted by Gasteiger charge is 2.24. The summed E-state index contributed by atoms with van der Waals surface area (Å²) in [5.41, 5.74) is 1.70. The first-order valence-corrected chi connectivity index (χ1v) is 6.55. The van der Waals surface area contributed by atoms with Crippen LogP contribution in [0.4, 0.5) is 5.69 Å². The maximum atomic E-state index is 10.7. The molecule has 0 amide bonds. The van der Waals surface area contributed by atoms with Crippen molar-refractivity contribution in [1.29, 1.82) is 0 Å². The Labute approximate surface area is 111 Å². The van der Waals surface area contributed by atoms with Gasteiger partial charge in [-0.2, -0.15) is 0 Å². The number of hydrogen-bond donors (Lipinski definition) is 0. The highest BCUT2D eigenvalue weighted by molar-refractivity contribution is 5.36. The van der Waals surface area contributed by atoms with Crippen LogP contribution >= 0.6 is 0 Å². The maximum Gasteiger partial charge on any atom is 0.287 e. The second kappa shape index (κ2) is 6.58. The average molecular weight is 266 g/mol. The molecule has 0 fully saturated rings. The minimum absolute atomic E-state index is 0.0336. The molecular weight excluding hydrogens is 248 g/mol. The third kappa shape index (κ3) is 3.48. The predicted molar refractivity (Wildman–Crippen MR) is 69.0 cm³/mol. The first-order valence-electron chi connectivity index (χ1n) is 6.55. The summed E-state index contributed by atoms with van der Waals surface area (Å²) < 4.78 is 11.2. The molecule has 6 nitrogen and oxygen atoms in total. The molecule has 0 aromatic carbocycles. The average Bonchev–Trinajstić information content (AvgIpc) is 2.43. The number of nitro groups is 1. The van der Waals surface area contributed by atoms with E-state index in [1.807, 2.05) is 0 Å². The van der Waals surface area contributed by atoms with Crippen LogP contribution in [0.25, 0.3) is 0 Å². The van der Waals surface area contributed by atoms with Crippen LogP contribution in [0.2, 0.25) is 0 Å². The van der Waals surface area contributed by atoms with E-state index in [9.17, 15) is 10.1 Å². The highest BCUT2D eigenvalue weighted by Crippen LogP contribution is 2.27. The Hall–Kier alpha value is -1.53. The van der Waals surface area contributed by atoms with Gasteiger partial charge in [-0.25, -0.2) is 0 Å². The second-order valence-electron chi connectivity index (χ2n) is 4.53. The van der Waals surface area contributed by atoms with Gasteiger partial charge in [0.05, 0.1) is 23.8 Å². The number of aromatic nitrogens is 1. The van der Waals surface area contributed by atoms with Crippen LogP contribution in [0.5, 0.6) is 0 Å². The van der Waals surface area contributed by atoms with Crippen molar-refractivity contribution in [2.45, 2.75) is 32.3 Å². The molecule has 1 unspecified atom stereocenters. The van der Waals surface area contributed by atoms with Gasteiger partial charge in [0.25, 0.3) is 5.69 Å². The Morgan fingerprint density at radius 1 is 1.63 bits per heavy atom. The molecule has 0 bridgehead atoms. The van der Waals surface area contributed by atoms with Gasteiger partial charge in [0.2, 0.25) is 0 Å². The van der Waals surface area contributed by atoms with Gasteiger partial charge in [0, 0.05) is 12.7 Å². The maximum absolute atomic E-state index is 10.7. The summed E-state index contributed by atoms with van der Waals surface area (Å²) >= 11 is 0. The first kappa shape index (κ1) is 13.9. The number of pyridine rings is 1. The molecule has 2 heterocycles. The normalized spacial score (nSPS) is 18.1.